The molecule has 0 bridgehead atoms. The third-order valence-corrected chi connectivity index (χ3v) is 1.76. The molecule has 0 aliphatic heterocycles. The molecule has 0 heterocycles. The van der Waals surface area contributed by atoms with E-state index in [4.69, 9.17) is 0 Å². The Balaban J connectivity index is 0. The lowest BCUT2D eigenvalue weighted by Gasteiger charge is -2.05. The lowest BCUT2D eigenvalue weighted by atomic mass is 10.1. The van der Waals surface area contributed by atoms with Gasteiger partial charge in [0.2, 0.25) is 0 Å². The summed E-state index contributed by atoms with van der Waals surface area (Å²) in [6.45, 7) is 12.0. The van der Waals surface area contributed by atoms with Crippen molar-refractivity contribution < 1.29 is 0 Å². The van der Waals surface area contributed by atoms with Gasteiger partial charge in [-0.05, 0) is 24.5 Å². The molecule has 0 unspecified atom stereocenters. The van der Waals surface area contributed by atoms with E-state index in [1.807, 2.05) is 27.0 Å². The molecule has 0 aliphatic carbocycles. The van der Waals surface area contributed by atoms with Gasteiger partial charge in [-0.2, -0.15) is 0 Å². The Bertz CT molecular complexity index is 187. The first kappa shape index (κ1) is 15.5. The molecule has 0 aliphatic rings. The standard InChI is InChI=1S/C11H19N.C2H6/c1-5-8-9-10(6-2)11(7-3)12-4;1-2/h7-9,12H,3,5-6H2,1-2,4H3;1-2H3/b9-8-,11-10+;. The van der Waals surface area contributed by atoms with Gasteiger partial charge in [0.25, 0.3) is 0 Å². The van der Waals surface area contributed by atoms with Gasteiger partial charge in [-0.3, -0.25) is 0 Å². The highest BCUT2D eigenvalue weighted by Crippen LogP contribution is 2.08. The molecule has 0 aromatic heterocycles. The van der Waals surface area contributed by atoms with E-state index in [9.17, 15) is 0 Å². The van der Waals surface area contributed by atoms with E-state index < -0.39 is 0 Å². The van der Waals surface area contributed by atoms with E-state index in [0.29, 0.717) is 0 Å². The smallest absolute Gasteiger partial charge is 0.0363 e. The van der Waals surface area contributed by atoms with Crippen LogP contribution in [0.2, 0.25) is 0 Å². The second kappa shape index (κ2) is 12.0. The van der Waals surface area contributed by atoms with Crippen molar-refractivity contribution >= 4 is 0 Å². The van der Waals surface area contributed by atoms with E-state index in [1.54, 1.807) is 0 Å². The first-order chi connectivity index (χ1) is 6.79. The van der Waals surface area contributed by atoms with Crippen LogP contribution in [0.25, 0.3) is 0 Å². The minimum absolute atomic E-state index is 1.04. The van der Waals surface area contributed by atoms with Crippen LogP contribution in [0.1, 0.15) is 40.5 Å². The number of hydrogen-bond donors (Lipinski definition) is 1. The van der Waals surface area contributed by atoms with Crippen molar-refractivity contribution in [1.82, 2.24) is 5.32 Å². The molecule has 0 atom stereocenters. The van der Waals surface area contributed by atoms with Crippen molar-refractivity contribution in [1.29, 1.82) is 0 Å². The van der Waals surface area contributed by atoms with Gasteiger partial charge in [0.1, 0.15) is 0 Å². The van der Waals surface area contributed by atoms with Gasteiger partial charge in [-0.25, -0.2) is 0 Å². The summed E-state index contributed by atoms with van der Waals surface area (Å²) in [5, 5.41) is 3.12. The molecule has 0 spiro atoms. The highest BCUT2D eigenvalue weighted by molar-refractivity contribution is 5.30. The molecule has 1 N–H and O–H groups in total. The number of rotatable bonds is 5. The quantitative estimate of drug-likeness (QED) is 0.653. The highest BCUT2D eigenvalue weighted by Gasteiger charge is 1.94. The summed E-state index contributed by atoms with van der Waals surface area (Å²) >= 11 is 0. The Labute approximate surface area is 89.6 Å². The average Bonchev–Trinajstić information content (AvgIpc) is 2.27. The molecule has 0 fully saturated rings. The minimum atomic E-state index is 1.04. The highest BCUT2D eigenvalue weighted by atomic mass is 14.8. The number of nitrogens with one attached hydrogen (secondary N) is 1. The number of likely N-dealkylation sites (N-methyl/N-ethyl adjacent to an activating group) is 1. The van der Waals surface area contributed by atoms with Gasteiger partial charge in [0, 0.05) is 12.7 Å². The average molecular weight is 195 g/mol. The fraction of sp³-hybridized carbons (Fsp3) is 0.538. The van der Waals surface area contributed by atoms with Crippen molar-refractivity contribution in [2.75, 3.05) is 7.05 Å². The monoisotopic (exact) mass is 195 g/mol. The Hall–Kier alpha value is -0.980. The summed E-state index contributed by atoms with van der Waals surface area (Å²) in [4.78, 5) is 0. The molecule has 0 amide bonds. The van der Waals surface area contributed by atoms with E-state index in [0.717, 1.165) is 18.5 Å². The Morgan fingerprint density at radius 3 is 2.14 bits per heavy atom. The Morgan fingerprint density at radius 1 is 1.29 bits per heavy atom. The zero-order valence-corrected chi connectivity index (χ0v) is 10.4. The minimum Gasteiger partial charge on any atom is -0.388 e. The van der Waals surface area contributed by atoms with Crippen LogP contribution < -0.4 is 5.32 Å². The summed E-state index contributed by atoms with van der Waals surface area (Å²) in [6.07, 6.45) is 8.31. The van der Waals surface area contributed by atoms with Crippen molar-refractivity contribution in [3.05, 3.63) is 36.1 Å². The van der Waals surface area contributed by atoms with Crippen LogP contribution in [-0.4, -0.2) is 7.05 Å². The Morgan fingerprint density at radius 2 is 1.86 bits per heavy atom. The predicted molar refractivity (Wildman–Crippen MR) is 67.4 cm³/mol. The van der Waals surface area contributed by atoms with E-state index in [2.05, 4.69) is 37.9 Å². The third-order valence-electron chi connectivity index (χ3n) is 1.76. The molecule has 1 nitrogen and oxygen atoms in total. The largest absolute Gasteiger partial charge is 0.388 e. The fourth-order valence-electron chi connectivity index (χ4n) is 1.05. The molecule has 0 saturated heterocycles. The van der Waals surface area contributed by atoms with Gasteiger partial charge >= 0.3 is 0 Å². The molecular formula is C13H25N. The molecular weight excluding hydrogens is 170 g/mol. The number of allylic oxidation sites excluding steroid dienone is 4. The topological polar surface area (TPSA) is 12.0 Å². The van der Waals surface area contributed by atoms with Crippen LogP contribution in [0.4, 0.5) is 0 Å². The Kier molecular flexibility index (Phi) is 13.3. The molecule has 0 radical (unpaired) electrons. The van der Waals surface area contributed by atoms with Crippen LogP contribution in [0.15, 0.2) is 36.1 Å². The molecule has 0 saturated carbocycles. The summed E-state index contributed by atoms with van der Waals surface area (Å²) in [5.74, 6) is 0. The van der Waals surface area contributed by atoms with Crippen LogP contribution in [0, 0.1) is 0 Å². The zero-order chi connectivity index (χ0) is 11.4. The second-order valence-electron chi connectivity index (χ2n) is 2.56. The van der Waals surface area contributed by atoms with Crippen molar-refractivity contribution in [3.63, 3.8) is 0 Å². The number of hydrogen-bond acceptors (Lipinski definition) is 1. The zero-order valence-electron chi connectivity index (χ0n) is 10.4. The normalized spacial score (nSPS) is 11.5. The van der Waals surface area contributed by atoms with Crippen LogP contribution in [0.5, 0.6) is 0 Å². The molecule has 0 rings (SSSR count). The summed E-state index contributed by atoms with van der Waals surface area (Å²) in [6, 6.07) is 0. The van der Waals surface area contributed by atoms with Crippen molar-refractivity contribution in [2.45, 2.75) is 40.5 Å². The summed E-state index contributed by atoms with van der Waals surface area (Å²) in [7, 11) is 1.92. The van der Waals surface area contributed by atoms with Crippen LogP contribution >= 0.6 is 0 Å². The van der Waals surface area contributed by atoms with E-state index in [1.165, 1.54) is 5.57 Å². The predicted octanol–water partition coefficient (Wildman–Crippen LogP) is 4.05. The van der Waals surface area contributed by atoms with Gasteiger partial charge in [-0.15, -0.1) is 0 Å². The van der Waals surface area contributed by atoms with Crippen molar-refractivity contribution in [3.8, 4) is 0 Å². The van der Waals surface area contributed by atoms with Crippen LogP contribution in [-0.2, 0) is 0 Å². The maximum atomic E-state index is 3.75. The first-order valence-electron chi connectivity index (χ1n) is 5.49. The summed E-state index contributed by atoms with van der Waals surface area (Å²) in [5.41, 5.74) is 2.44. The molecule has 82 valence electrons. The fourth-order valence-corrected chi connectivity index (χ4v) is 1.05. The van der Waals surface area contributed by atoms with Crippen molar-refractivity contribution in [2.24, 2.45) is 0 Å². The SMILES string of the molecule is C=C/C(NC)=C(\C=C/CC)CC.CC. The molecule has 14 heavy (non-hydrogen) atoms. The summed E-state index contributed by atoms with van der Waals surface area (Å²) < 4.78 is 0. The van der Waals surface area contributed by atoms with Gasteiger partial charge in [-0.1, -0.05) is 46.4 Å². The lowest BCUT2D eigenvalue weighted by molar-refractivity contribution is 0.976. The molecule has 0 aromatic rings. The molecule has 1 heteroatoms. The lowest BCUT2D eigenvalue weighted by Crippen LogP contribution is -2.05. The maximum absolute atomic E-state index is 3.75. The van der Waals surface area contributed by atoms with Gasteiger partial charge < -0.3 is 5.32 Å². The first-order valence-corrected chi connectivity index (χ1v) is 5.49. The maximum Gasteiger partial charge on any atom is 0.0363 e. The van der Waals surface area contributed by atoms with Crippen LogP contribution in [0.3, 0.4) is 0 Å². The third kappa shape index (κ3) is 6.53. The van der Waals surface area contributed by atoms with Gasteiger partial charge in [0.15, 0.2) is 0 Å². The van der Waals surface area contributed by atoms with E-state index in [-0.39, 0.29) is 0 Å². The molecule has 0 aromatic carbocycles. The second-order valence-corrected chi connectivity index (χ2v) is 2.56. The van der Waals surface area contributed by atoms with Gasteiger partial charge in [0.05, 0.1) is 0 Å². The van der Waals surface area contributed by atoms with E-state index >= 15 is 0 Å².